The van der Waals surface area contributed by atoms with Gasteiger partial charge in [0.15, 0.2) is 11.3 Å². The highest BCUT2D eigenvalue weighted by Gasteiger charge is 2.53. The molecule has 190 valence electrons. The third-order valence-electron chi connectivity index (χ3n) is 4.23. The van der Waals surface area contributed by atoms with Gasteiger partial charge in [0.25, 0.3) is 11.6 Å². The number of rotatable bonds is 10. The number of halogens is 4. The molecular formula is C18H15BrCl3N3O9S. The van der Waals surface area contributed by atoms with Gasteiger partial charge >= 0.3 is 12.1 Å². The number of nitrogens with one attached hydrogen (secondary N) is 1. The fraction of sp³-hybridized carbons (Fsp3) is 0.333. The number of aliphatic hydroxyl groups excluding tert-OH is 1. The number of nitro groups is 1. The van der Waals surface area contributed by atoms with Crippen molar-refractivity contribution in [2.75, 3.05) is 11.9 Å². The van der Waals surface area contributed by atoms with E-state index < -0.39 is 56.2 Å². The molecule has 12 nitrogen and oxygen atoms in total. The molecular weight excluding hydrogens is 621 g/mol. The lowest BCUT2D eigenvalue weighted by molar-refractivity contribution is -0.384. The first-order valence-electron chi connectivity index (χ1n) is 9.20. The number of likely N-dealkylation sites (tertiary alicyclic amines) is 1. The normalized spacial score (nSPS) is 18.2. The molecule has 1 heterocycles. The summed E-state index contributed by atoms with van der Waals surface area (Å²) in [5.41, 5.74) is 0.0343. The van der Waals surface area contributed by atoms with Gasteiger partial charge in [0.05, 0.1) is 10.3 Å². The number of ether oxygens (including phenoxy) is 2. The molecule has 2 unspecified atom stereocenters. The second-order valence-corrected chi connectivity index (χ2v) is 10.6. The van der Waals surface area contributed by atoms with Gasteiger partial charge in [-0.1, -0.05) is 62.5 Å². The number of nitrogens with zero attached hydrogens (tertiary/aromatic N) is 2. The van der Waals surface area contributed by atoms with Gasteiger partial charge in [-0.25, -0.2) is 9.59 Å². The van der Waals surface area contributed by atoms with E-state index in [1.54, 1.807) is 0 Å². The molecule has 1 fully saturated rings. The Morgan fingerprint density at radius 2 is 1.91 bits per heavy atom. The topological polar surface area (TPSA) is 165 Å². The van der Waals surface area contributed by atoms with Crippen LogP contribution < -0.4 is 5.32 Å². The molecule has 1 aromatic rings. The molecule has 0 aromatic heterocycles. The van der Waals surface area contributed by atoms with Crippen molar-refractivity contribution in [3.63, 3.8) is 0 Å². The van der Waals surface area contributed by atoms with Crippen molar-refractivity contribution in [3.8, 4) is 0 Å². The Morgan fingerprint density at radius 3 is 2.43 bits per heavy atom. The van der Waals surface area contributed by atoms with E-state index in [-0.39, 0.29) is 17.6 Å². The van der Waals surface area contributed by atoms with E-state index >= 15 is 0 Å². The molecule has 17 heteroatoms. The molecule has 1 aliphatic heterocycles. The monoisotopic (exact) mass is 633 g/mol. The number of hydrogen-bond acceptors (Lipinski definition) is 10. The summed E-state index contributed by atoms with van der Waals surface area (Å²) in [7, 11) is 0. The molecule has 2 amide bonds. The van der Waals surface area contributed by atoms with Gasteiger partial charge in [-0.3, -0.25) is 24.6 Å². The quantitative estimate of drug-likeness (QED) is 0.0569. The smallest absolute Gasteiger partial charge is 0.408 e. The number of alkyl halides is 4. The number of carbonyl (C=O) groups excluding carboxylic acids is 4. The third kappa shape index (κ3) is 7.87. The highest BCUT2D eigenvalue weighted by atomic mass is 79.9. The first kappa shape index (κ1) is 29.0. The standard InChI is InChI=1S/C18H15BrCl3N3O9S/c19-5-11(27)13(16(29)33-6-9-1-3-10(4-2-9)25(31)32)24-14(28)12(15(24)35-8-26)23-17(30)34-7-18(20,21)22/h1-4,8,12,15,27H,5-7H2,(H,23,30). The molecule has 0 spiro atoms. The summed E-state index contributed by atoms with van der Waals surface area (Å²) in [6.07, 6.45) is -1.12. The average Bonchev–Trinajstić information content (AvgIpc) is 2.81. The molecule has 2 rings (SSSR count). The lowest BCUT2D eigenvalue weighted by Crippen LogP contribution is -2.69. The molecule has 0 saturated carbocycles. The number of alkyl carbamates (subject to hydrolysis) is 1. The maximum atomic E-state index is 12.7. The molecule has 2 N–H and O–H groups in total. The van der Waals surface area contributed by atoms with Crippen LogP contribution in [0, 0.1) is 10.1 Å². The van der Waals surface area contributed by atoms with Crippen LogP contribution in [0.15, 0.2) is 35.7 Å². The van der Waals surface area contributed by atoms with Crippen molar-refractivity contribution in [1.82, 2.24) is 10.2 Å². The molecule has 0 radical (unpaired) electrons. The second kappa shape index (κ2) is 12.6. The number of thioether (sulfide) groups is 1. The molecule has 35 heavy (non-hydrogen) atoms. The lowest BCUT2D eigenvalue weighted by Gasteiger charge is -2.45. The summed E-state index contributed by atoms with van der Waals surface area (Å²) in [5, 5.41) is 21.8. The molecule has 1 aliphatic rings. The fourth-order valence-corrected chi connectivity index (χ4v) is 3.91. The number of amides is 2. The highest BCUT2D eigenvalue weighted by molar-refractivity contribution is 9.09. The average molecular weight is 636 g/mol. The van der Waals surface area contributed by atoms with E-state index in [2.05, 4.69) is 21.2 Å². The first-order chi connectivity index (χ1) is 16.4. The zero-order valence-corrected chi connectivity index (χ0v) is 21.9. The Labute approximate surface area is 225 Å². The number of β-lactam (4-membered cyclic amide) rings is 1. The molecule has 2 atom stereocenters. The van der Waals surface area contributed by atoms with Crippen LogP contribution >= 0.6 is 62.5 Å². The summed E-state index contributed by atoms with van der Waals surface area (Å²) in [5.74, 6) is -2.56. The van der Waals surface area contributed by atoms with Crippen LogP contribution in [-0.2, 0) is 30.5 Å². The van der Waals surface area contributed by atoms with Gasteiger partial charge in [0, 0.05) is 12.1 Å². The minimum Gasteiger partial charge on any atom is -0.509 e. The Bertz CT molecular complexity index is 1040. The van der Waals surface area contributed by atoms with Gasteiger partial charge < -0.3 is 19.9 Å². The van der Waals surface area contributed by atoms with E-state index in [4.69, 9.17) is 44.3 Å². The second-order valence-electron chi connectivity index (χ2n) is 6.57. The summed E-state index contributed by atoms with van der Waals surface area (Å²) >= 11 is 20.0. The van der Waals surface area contributed by atoms with Crippen LogP contribution in [0.5, 0.6) is 0 Å². The van der Waals surface area contributed by atoms with Crippen LogP contribution in [0.25, 0.3) is 0 Å². The zero-order chi connectivity index (χ0) is 26.3. The van der Waals surface area contributed by atoms with E-state index in [1.807, 2.05) is 0 Å². The molecule has 1 saturated heterocycles. The zero-order valence-electron chi connectivity index (χ0n) is 17.2. The summed E-state index contributed by atoms with van der Waals surface area (Å²) in [4.78, 5) is 59.5. The third-order valence-corrected chi connectivity index (χ3v) is 5.96. The fourth-order valence-electron chi connectivity index (χ4n) is 2.70. The van der Waals surface area contributed by atoms with Crippen LogP contribution in [0.4, 0.5) is 10.5 Å². The predicted molar refractivity (Wildman–Crippen MR) is 130 cm³/mol. The summed E-state index contributed by atoms with van der Waals surface area (Å²) < 4.78 is 7.94. The van der Waals surface area contributed by atoms with Crippen LogP contribution in [0.2, 0.25) is 0 Å². The van der Waals surface area contributed by atoms with Crippen molar-refractivity contribution < 1.29 is 38.7 Å². The Morgan fingerprint density at radius 1 is 1.29 bits per heavy atom. The van der Waals surface area contributed by atoms with Crippen molar-refractivity contribution in [3.05, 3.63) is 51.4 Å². The van der Waals surface area contributed by atoms with E-state index in [9.17, 15) is 34.4 Å². The minimum atomic E-state index is -1.89. The summed E-state index contributed by atoms with van der Waals surface area (Å²) in [6, 6.07) is 3.84. The summed E-state index contributed by atoms with van der Waals surface area (Å²) in [6.45, 7) is -0.960. The lowest BCUT2D eigenvalue weighted by atomic mass is 10.1. The number of hydrogen-bond donors (Lipinski definition) is 2. The largest absolute Gasteiger partial charge is 0.509 e. The van der Waals surface area contributed by atoms with Crippen LogP contribution in [0.1, 0.15) is 5.56 Å². The Kier molecular flexibility index (Phi) is 10.5. The highest BCUT2D eigenvalue weighted by Crippen LogP contribution is 2.35. The molecule has 0 bridgehead atoms. The van der Waals surface area contributed by atoms with E-state index in [0.717, 1.165) is 4.90 Å². The minimum absolute atomic E-state index is 0.164. The number of allylic oxidation sites excluding steroid dienone is 1. The van der Waals surface area contributed by atoms with Gasteiger partial charge in [-0.15, -0.1) is 0 Å². The Balaban J connectivity index is 2.15. The van der Waals surface area contributed by atoms with Crippen molar-refractivity contribution in [2.24, 2.45) is 0 Å². The predicted octanol–water partition coefficient (Wildman–Crippen LogP) is 3.36. The Hall–Kier alpha value is -2.26. The number of nitro benzene ring substituents is 1. The number of non-ortho nitro benzene ring substituents is 1. The van der Waals surface area contributed by atoms with Crippen LogP contribution in [-0.4, -0.2) is 65.7 Å². The number of benzene rings is 1. The van der Waals surface area contributed by atoms with Crippen molar-refractivity contribution >= 4 is 91.8 Å². The van der Waals surface area contributed by atoms with Gasteiger partial charge in [0.1, 0.15) is 30.4 Å². The maximum absolute atomic E-state index is 12.7. The van der Waals surface area contributed by atoms with Crippen LogP contribution in [0.3, 0.4) is 0 Å². The first-order valence-corrected chi connectivity index (χ1v) is 12.4. The molecule has 0 aliphatic carbocycles. The maximum Gasteiger partial charge on any atom is 0.408 e. The van der Waals surface area contributed by atoms with Crippen molar-refractivity contribution in [2.45, 2.75) is 21.8 Å². The SMILES string of the molecule is O=CSC1C(NC(=O)OCC(Cl)(Cl)Cl)C(=O)N1C(C(=O)OCc1ccc([N+](=O)[O-])cc1)=C(O)CBr. The van der Waals surface area contributed by atoms with Gasteiger partial charge in [-0.05, 0) is 17.7 Å². The molecule has 1 aromatic carbocycles. The van der Waals surface area contributed by atoms with E-state index in [1.165, 1.54) is 24.3 Å². The van der Waals surface area contributed by atoms with Gasteiger partial charge in [-0.2, -0.15) is 0 Å². The van der Waals surface area contributed by atoms with E-state index in [0.29, 0.717) is 22.9 Å². The number of carbonyl (C=O) groups is 4. The van der Waals surface area contributed by atoms with Gasteiger partial charge in [0.2, 0.25) is 3.79 Å². The number of aliphatic hydroxyl groups is 1. The number of esters is 1. The van der Waals surface area contributed by atoms with Crippen molar-refractivity contribution in [1.29, 1.82) is 0 Å².